The third-order valence-electron chi connectivity index (χ3n) is 3.81. The number of hydrogen-bond acceptors (Lipinski definition) is 2. The maximum absolute atomic E-state index is 12.1. The fraction of sp³-hybridized carbons (Fsp3) is 0.929. The molecule has 1 aliphatic rings. The first-order chi connectivity index (χ1) is 8.17. The predicted molar refractivity (Wildman–Crippen MR) is 72.0 cm³/mol. The minimum absolute atomic E-state index is 0.303. The maximum Gasteiger partial charge on any atom is 0.224 e. The molecule has 0 saturated carbocycles. The van der Waals surface area contributed by atoms with Crippen LogP contribution in [0.2, 0.25) is 0 Å². The van der Waals surface area contributed by atoms with Crippen LogP contribution in [0.1, 0.15) is 52.9 Å². The van der Waals surface area contributed by atoms with Crippen molar-refractivity contribution in [1.82, 2.24) is 10.2 Å². The van der Waals surface area contributed by atoms with Gasteiger partial charge in [0.05, 0.1) is 0 Å². The SMILES string of the molecule is CCNC(C)CC(=O)N1CCCC(CC)CC1. The van der Waals surface area contributed by atoms with E-state index >= 15 is 0 Å². The molecule has 1 saturated heterocycles. The molecule has 3 heteroatoms. The van der Waals surface area contributed by atoms with Gasteiger partial charge in [-0.25, -0.2) is 0 Å². The smallest absolute Gasteiger partial charge is 0.224 e. The van der Waals surface area contributed by atoms with Crippen LogP contribution < -0.4 is 5.32 Å². The summed E-state index contributed by atoms with van der Waals surface area (Å²) in [5.74, 6) is 1.16. The summed E-state index contributed by atoms with van der Waals surface area (Å²) in [6.45, 7) is 9.30. The third kappa shape index (κ3) is 5.07. The first-order valence-corrected chi connectivity index (χ1v) is 7.18. The number of nitrogens with zero attached hydrogens (tertiary/aromatic N) is 1. The molecule has 3 nitrogen and oxygen atoms in total. The second-order valence-corrected chi connectivity index (χ2v) is 5.25. The van der Waals surface area contributed by atoms with Crippen LogP contribution in [0.3, 0.4) is 0 Å². The van der Waals surface area contributed by atoms with Crippen LogP contribution in [0.5, 0.6) is 0 Å². The standard InChI is InChI=1S/C14H28N2O/c1-4-13-7-6-9-16(10-8-13)14(17)11-12(3)15-5-2/h12-13,15H,4-11H2,1-3H3. The van der Waals surface area contributed by atoms with E-state index < -0.39 is 0 Å². The topological polar surface area (TPSA) is 32.3 Å². The number of nitrogens with one attached hydrogen (secondary N) is 1. The van der Waals surface area contributed by atoms with Crippen LogP contribution in [-0.4, -0.2) is 36.5 Å². The molecule has 1 N–H and O–H groups in total. The second-order valence-electron chi connectivity index (χ2n) is 5.25. The summed E-state index contributed by atoms with van der Waals surface area (Å²) >= 11 is 0. The van der Waals surface area contributed by atoms with Crippen molar-refractivity contribution in [2.75, 3.05) is 19.6 Å². The van der Waals surface area contributed by atoms with E-state index in [0.29, 0.717) is 18.4 Å². The quantitative estimate of drug-likeness (QED) is 0.800. The van der Waals surface area contributed by atoms with Gasteiger partial charge < -0.3 is 10.2 Å². The summed E-state index contributed by atoms with van der Waals surface area (Å²) in [7, 11) is 0. The van der Waals surface area contributed by atoms with Crippen molar-refractivity contribution in [3.63, 3.8) is 0 Å². The van der Waals surface area contributed by atoms with Crippen LogP contribution >= 0.6 is 0 Å². The average Bonchev–Trinajstić information content (AvgIpc) is 2.54. The van der Waals surface area contributed by atoms with Gasteiger partial charge in [-0.3, -0.25) is 4.79 Å². The van der Waals surface area contributed by atoms with Crippen molar-refractivity contribution in [2.45, 2.75) is 58.9 Å². The molecule has 1 amide bonds. The number of likely N-dealkylation sites (tertiary alicyclic amines) is 1. The number of carbonyl (C=O) groups excluding carboxylic acids is 1. The minimum Gasteiger partial charge on any atom is -0.343 e. The number of carbonyl (C=O) groups is 1. The van der Waals surface area contributed by atoms with Gasteiger partial charge in [0.1, 0.15) is 0 Å². The van der Waals surface area contributed by atoms with Crippen LogP contribution in [0, 0.1) is 5.92 Å². The van der Waals surface area contributed by atoms with E-state index in [4.69, 9.17) is 0 Å². The second kappa shape index (κ2) is 7.70. The minimum atomic E-state index is 0.303. The van der Waals surface area contributed by atoms with E-state index in [1.165, 1.54) is 25.7 Å². The van der Waals surface area contributed by atoms with Gasteiger partial charge in [-0.2, -0.15) is 0 Å². The molecule has 17 heavy (non-hydrogen) atoms. The largest absolute Gasteiger partial charge is 0.343 e. The molecule has 1 aliphatic heterocycles. The molecule has 0 bridgehead atoms. The van der Waals surface area contributed by atoms with E-state index in [-0.39, 0.29) is 0 Å². The fourth-order valence-corrected chi connectivity index (χ4v) is 2.63. The number of rotatable bonds is 5. The molecule has 2 atom stereocenters. The predicted octanol–water partition coefficient (Wildman–Crippen LogP) is 2.41. The van der Waals surface area contributed by atoms with Gasteiger partial charge in [0, 0.05) is 25.6 Å². The highest BCUT2D eigenvalue weighted by Crippen LogP contribution is 2.20. The Morgan fingerprint density at radius 1 is 1.35 bits per heavy atom. The molecule has 1 fully saturated rings. The van der Waals surface area contributed by atoms with Crippen molar-refractivity contribution >= 4 is 5.91 Å². The molecule has 0 radical (unpaired) electrons. The van der Waals surface area contributed by atoms with Crippen LogP contribution in [-0.2, 0) is 4.79 Å². The van der Waals surface area contributed by atoms with E-state index in [1.54, 1.807) is 0 Å². The van der Waals surface area contributed by atoms with Crippen molar-refractivity contribution in [3.8, 4) is 0 Å². The van der Waals surface area contributed by atoms with Gasteiger partial charge in [0.2, 0.25) is 5.91 Å². The first-order valence-electron chi connectivity index (χ1n) is 7.18. The molecule has 0 spiro atoms. The average molecular weight is 240 g/mol. The molecular weight excluding hydrogens is 212 g/mol. The molecule has 1 rings (SSSR count). The van der Waals surface area contributed by atoms with Gasteiger partial charge in [0.15, 0.2) is 0 Å². The maximum atomic E-state index is 12.1. The Kier molecular flexibility index (Phi) is 6.56. The number of hydrogen-bond donors (Lipinski definition) is 1. The summed E-state index contributed by atoms with van der Waals surface area (Å²) in [6.07, 6.45) is 5.57. The van der Waals surface area contributed by atoms with Gasteiger partial charge >= 0.3 is 0 Å². The lowest BCUT2D eigenvalue weighted by atomic mass is 9.98. The molecule has 0 aromatic heterocycles. The molecule has 1 heterocycles. The lowest BCUT2D eigenvalue weighted by molar-refractivity contribution is -0.131. The van der Waals surface area contributed by atoms with Crippen molar-refractivity contribution in [2.24, 2.45) is 5.92 Å². The Morgan fingerprint density at radius 2 is 2.12 bits per heavy atom. The molecule has 0 aromatic carbocycles. The summed E-state index contributed by atoms with van der Waals surface area (Å²) < 4.78 is 0. The van der Waals surface area contributed by atoms with Gasteiger partial charge in [-0.05, 0) is 38.6 Å². The lowest BCUT2D eigenvalue weighted by Gasteiger charge is -2.22. The highest BCUT2D eigenvalue weighted by Gasteiger charge is 2.20. The Morgan fingerprint density at radius 3 is 2.76 bits per heavy atom. The van der Waals surface area contributed by atoms with E-state index in [0.717, 1.165) is 25.6 Å². The zero-order chi connectivity index (χ0) is 12.7. The molecule has 0 aromatic rings. The number of amides is 1. The normalized spacial score (nSPS) is 23.2. The summed E-state index contributed by atoms with van der Waals surface area (Å²) in [4.78, 5) is 14.2. The third-order valence-corrected chi connectivity index (χ3v) is 3.81. The molecule has 100 valence electrons. The zero-order valence-electron chi connectivity index (χ0n) is 11.7. The fourth-order valence-electron chi connectivity index (χ4n) is 2.63. The Hall–Kier alpha value is -0.570. The highest BCUT2D eigenvalue weighted by molar-refractivity contribution is 5.76. The summed E-state index contributed by atoms with van der Waals surface area (Å²) in [5.41, 5.74) is 0. The molecule has 0 aliphatic carbocycles. The van der Waals surface area contributed by atoms with Crippen LogP contribution in [0.4, 0.5) is 0 Å². The van der Waals surface area contributed by atoms with E-state index in [9.17, 15) is 4.79 Å². The highest BCUT2D eigenvalue weighted by atomic mass is 16.2. The summed E-state index contributed by atoms with van der Waals surface area (Å²) in [5, 5.41) is 3.30. The first kappa shape index (κ1) is 14.5. The van der Waals surface area contributed by atoms with Gasteiger partial charge in [-0.1, -0.05) is 20.3 Å². The Balaban J connectivity index is 2.36. The molecule has 2 unspecified atom stereocenters. The Labute approximate surface area is 106 Å². The van der Waals surface area contributed by atoms with E-state index in [2.05, 4.69) is 31.0 Å². The van der Waals surface area contributed by atoms with E-state index in [1.807, 2.05) is 0 Å². The zero-order valence-corrected chi connectivity index (χ0v) is 11.7. The van der Waals surface area contributed by atoms with Crippen molar-refractivity contribution < 1.29 is 4.79 Å². The van der Waals surface area contributed by atoms with Crippen molar-refractivity contribution in [3.05, 3.63) is 0 Å². The molecular formula is C14H28N2O. The van der Waals surface area contributed by atoms with Gasteiger partial charge in [-0.15, -0.1) is 0 Å². The van der Waals surface area contributed by atoms with Crippen molar-refractivity contribution in [1.29, 1.82) is 0 Å². The lowest BCUT2D eigenvalue weighted by Crippen LogP contribution is -2.37. The van der Waals surface area contributed by atoms with Crippen LogP contribution in [0.25, 0.3) is 0 Å². The summed E-state index contributed by atoms with van der Waals surface area (Å²) in [6, 6.07) is 0.303. The van der Waals surface area contributed by atoms with Crippen LogP contribution in [0.15, 0.2) is 0 Å². The monoisotopic (exact) mass is 240 g/mol. The Bertz CT molecular complexity index is 230. The van der Waals surface area contributed by atoms with Gasteiger partial charge in [0.25, 0.3) is 0 Å².